The highest BCUT2D eigenvalue weighted by Crippen LogP contribution is 2.40. The third-order valence-corrected chi connectivity index (χ3v) is 3.93. The van der Waals surface area contributed by atoms with Crippen LogP contribution in [0.15, 0.2) is 12.1 Å². The van der Waals surface area contributed by atoms with Crippen molar-refractivity contribution >= 4 is 23.0 Å². The van der Waals surface area contributed by atoms with Crippen molar-refractivity contribution in [3.63, 3.8) is 0 Å². The van der Waals surface area contributed by atoms with E-state index in [0.717, 1.165) is 30.8 Å². The van der Waals surface area contributed by atoms with E-state index in [4.69, 9.17) is 11.6 Å². The molecule has 1 aromatic rings. The summed E-state index contributed by atoms with van der Waals surface area (Å²) in [6.07, 6.45) is 4.81. The maximum Gasteiger partial charge on any atom is 0.143 e. The highest BCUT2D eigenvalue weighted by atomic mass is 35.5. The molecule has 3 rings (SSSR count). The van der Waals surface area contributed by atoms with E-state index in [1.807, 2.05) is 0 Å². The number of nitrogens with one attached hydrogen (secondary N) is 2. The van der Waals surface area contributed by atoms with E-state index < -0.39 is 0 Å². The van der Waals surface area contributed by atoms with Crippen molar-refractivity contribution in [2.45, 2.75) is 31.2 Å². The van der Waals surface area contributed by atoms with Crippen LogP contribution in [0.5, 0.6) is 0 Å². The number of fused-ring (bicyclic) bond motifs is 1. The average Bonchev–Trinajstić information content (AvgIpc) is 2.69. The summed E-state index contributed by atoms with van der Waals surface area (Å²) < 4.78 is 13.4. The Morgan fingerprint density at radius 1 is 1.19 bits per heavy atom. The number of hydrogen-bond donors (Lipinski definition) is 2. The number of benzene rings is 1. The van der Waals surface area contributed by atoms with Crippen LogP contribution in [-0.4, -0.2) is 12.1 Å². The van der Waals surface area contributed by atoms with Crippen LogP contribution >= 0.6 is 11.6 Å². The Labute approximate surface area is 99.2 Å². The average molecular weight is 241 g/mol. The van der Waals surface area contributed by atoms with Crippen LogP contribution in [-0.2, 0) is 0 Å². The molecule has 1 aliphatic carbocycles. The van der Waals surface area contributed by atoms with Crippen LogP contribution < -0.4 is 10.6 Å². The Bertz CT molecular complexity index is 427. The highest BCUT2D eigenvalue weighted by Gasteiger charge is 2.36. The van der Waals surface area contributed by atoms with E-state index in [1.165, 1.54) is 18.9 Å². The summed E-state index contributed by atoms with van der Waals surface area (Å²) in [5, 5.41) is 7.01. The molecule has 0 aromatic heterocycles. The van der Waals surface area contributed by atoms with Crippen molar-refractivity contribution in [3.8, 4) is 0 Å². The third-order valence-electron chi connectivity index (χ3n) is 3.64. The predicted molar refractivity (Wildman–Crippen MR) is 64.7 cm³/mol. The van der Waals surface area contributed by atoms with Crippen molar-refractivity contribution in [1.82, 2.24) is 0 Å². The third kappa shape index (κ3) is 1.54. The lowest BCUT2D eigenvalue weighted by Gasteiger charge is -2.37. The summed E-state index contributed by atoms with van der Waals surface area (Å²) in [6, 6.07) is 3.14. The molecule has 1 heterocycles. The first-order chi connectivity index (χ1) is 7.69. The normalized spacial score (nSPS) is 21.4. The summed E-state index contributed by atoms with van der Waals surface area (Å²) in [5.41, 5.74) is 1.88. The summed E-state index contributed by atoms with van der Waals surface area (Å²) in [4.78, 5) is 0. The standard InChI is InChI=1S/C12H14ClFN2/c13-8-5-10-11(6-9(8)14)16-12(7-15-10)3-1-2-4-12/h5-6,15-16H,1-4,7H2. The Hall–Kier alpha value is -0.960. The van der Waals surface area contributed by atoms with Crippen molar-refractivity contribution in [1.29, 1.82) is 0 Å². The monoisotopic (exact) mass is 240 g/mol. The van der Waals surface area contributed by atoms with Crippen LogP contribution in [0.2, 0.25) is 5.02 Å². The van der Waals surface area contributed by atoms with Gasteiger partial charge < -0.3 is 10.6 Å². The minimum Gasteiger partial charge on any atom is -0.381 e. The molecule has 1 saturated carbocycles. The summed E-state index contributed by atoms with van der Waals surface area (Å²) >= 11 is 5.75. The molecular weight excluding hydrogens is 227 g/mol. The largest absolute Gasteiger partial charge is 0.381 e. The second kappa shape index (κ2) is 3.52. The first-order valence-corrected chi connectivity index (χ1v) is 6.07. The van der Waals surface area contributed by atoms with E-state index in [-0.39, 0.29) is 16.4 Å². The number of rotatable bonds is 0. The second-order valence-electron chi connectivity index (χ2n) is 4.78. The molecule has 1 spiro atoms. The van der Waals surface area contributed by atoms with E-state index in [1.54, 1.807) is 6.07 Å². The molecule has 0 amide bonds. The highest BCUT2D eigenvalue weighted by molar-refractivity contribution is 6.31. The van der Waals surface area contributed by atoms with Gasteiger partial charge in [0.2, 0.25) is 0 Å². The molecule has 1 fully saturated rings. The molecule has 0 radical (unpaired) electrons. The zero-order valence-corrected chi connectivity index (χ0v) is 9.70. The van der Waals surface area contributed by atoms with Crippen LogP contribution in [0.3, 0.4) is 0 Å². The SMILES string of the molecule is Fc1cc2c(cc1Cl)NCC1(CCCC1)N2. The fourth-order valence-electron chi connectivity index (χ4n) is 2.74. The van der Waals surface area contributed by atoms with E-state index >= 15 is 0 Å². The van der Waals surface area contributed by atoms with Gasteiger partial charge in [0.05, 0.1) is 21.9 Å². The molecule has 1 aliphatic heterocycles. The van der Waals surface area contributed by atoms with Crippen LogP contribution in [0.4, 0.5) is 15.8 Å². The van der Waals surface area contributed by atoms with Crippen LogP contribution in [0, 0.1) is 5.82 Å². The van der Waals surface area contributed by atoms with Gasteiger partial charge in [0, 0.05) is 12.6 Å². The molecular formula is C12H14ClFN2. The fraction of sp³-hybridized carbons (Fsp3) is 0.500. The van der Waals surface area contributed by atoms with E-state index in [2.05, 4.69) is 10.6 Å². The molecule has 2 N–H and O–H groups in total. The van der Waals surface area contributed by atoms with Crippen molar-refractivity contribution in [2.75, 3.05) is 17.2 Å². The van der Waals surface area contributed by atoms with Crippen molar-refractivity contribution in [2.24, 2.45) is 0 Å². The summed E-state index contributed by atoms with van der Waals surface area (Å²) in [5.74, 6) is -0.357. The lowest BCUT2D eigenvalue weighted by atomic mass is 9.94. The van der Waals surface area contributed by atoms with Gasteiger partial charge in [0.1, 0.15) is 5.82 Å². The van der Waals surface area contributed by atoms with Gasteiger partial charge >= 0.3 is 0 Å². The van der Waals surface area contributed by atoms with Gasteiger partial charge in [-0.2, -0.15) is 0 Å². The van der Waals surface area contributed by atoms with Crippen molar-refractivity contribution < 1.29 is 4.39 Å². The molecule has 2 aliphatic rings. The second-order valence-corrected chi connectivity index (χ2v) is 5.19. The molecule has 16 heavy (non-hydrogen) atoms. The minimum absolute atomic E-state index is 0.132. The molecule has 0 unspecified atom stereocenters. The minimum atomic E-state index is -0.357. The number of halogens is 2. The van der Waals surface area contributed by atoms with Gasteiger partial charge in [-0.1, -0.05) is 24.4 Å². The van der Waals surface area contributed by atoms with Gasteiger partial charge in [-0.05, 0) is 18.9 Å². The molecule has 0 atom stereocenters. The van der Waals surface area contributed by atoms with Crippen LogP contribution in [0.25, 0.3) is 0 Å². The molecule has 1 aromatic carbocycles. The first kappa shape index (κ1) is 10.2. The fourth-order valence-corrected chi connectivity index (χ4v) is 2.91. The Kier molecular flexibility index (Phi) is 2.25. The van der Waals surface area contributed by atoms with Crippen LogP contribution in [0.1, 0.15) is 25.7 Å². The molecule has 2 nitrogen and oxygen atoms in total. The quantitative estimate of drug-likeness (QED) is 0.724. The van der Waals surface area contributed by atoms with Gasteiger partial charge in [-0.25, -0.2) is 4.39 Å². The Morgan fingerprint density at radius 2 is 1.94 bits per heavy atom. The molecule has 86 valence electrons. The lowest BCUT2D eigenvalue weighted by molar-refractivity contribution is 0.499. The lowest BCUT2D eigenvalue weighted by Crippen LogP contribution is -2.45. The Balaban J connectivity index is 1.96. The van der Waals surface area contributed by atoms with E-state index in [0.29, 0.717) is 0 Å². The topological polar surface area (TPSA) is 24.1 Å². The van der Waals surface area contributed by atoms with Gasteiger partial charge in [-0.15, -0.1) is 0 Å². The molecule has 0 saturated heterocycles. The van der Waals surface area contributed by atoms with E-state index in [9.17, 15) is 4.39 Å². The van der Waals surface area contributed by atoms with Gasteiger partial charge in [0.15, 0.2) is 0 Å². The maximum absolute atomic E-state index is 13.4. The zero-order valence-electron chi connectivity index (χ0n) is 8.95. The van der Waals surface area contributed by atoms with Crippen molar-refractivity contribution in [3.05, 3.63) is 23.0 Å². The predicted octanol–water partition coefficient (Wildman–Crippen LogP) is 3.63. The molecule has 0 bridgehead atoms. The number of hydrogen-bond acceptors (Lipinski definition) is 2. The first-order valence-electron chi connectivity index (χ1n) is 5.70. The molecule has 4 heteroatoms. The van der Waals surface area contributed by atoms with Gasteiger partial charge in [0.25, 0.3) is 0 Å². The smallest absolute Gasteiger partial charge is 0.143 e. The maximum atomic E-state index is 13.4. The number of anilines is 2. The summed E-state index contributed by atoms with van der Waals surface area (Å²) in [6.45, 7) is 0.905. The van der Waals surface area contributed by atoms with Gasteiger partial charge in [-0.3, -0.25) is 0 Å². The Morgan fingerprint density at radius 3 is 2.69 bits per heavy atom. The zero-order chi connectivity index (χ0) is 11.2. The summed E-state index contributed by atoms with van der Waals surface area (Å²) in [7, 11) is 0.